The lowest BCUT2D eigenvalue weighted by Crippen LogP contribution is -2.41. The van der Waals surface area contributed by atoms with Crippen molar-refractivity contribution in [3.8, 4) is 0 Å². The van der Waals surface area contributed by atoms with E-state index in [-0.39, 0.29) is 35.3 Å². The van der Waals surface area contributed by atoms with Gasteiger partial charge in [-0.3, -0.25) is 4.79 Å². The number of amides is 1. The molecular formula is C17H28ClN3O3S. The Hall–Kier alpha value is -1.15. The number of benzene rings is 1. The van der Waals surface area contributed by atoms with Gasteiger partial charge in [-0.25, -0.2) is 8.42 Å². The minimum atomic E-state index is -3.59. The Morgan fingerprint density at radius 3 is 2.68 bits per heavy atom. The molecule has 1 aromatic rings. The maximum Gasteiger partial charge on any atom is 0.254 e. The molecule has 1 atom stereocenters. The lowest BCUT2D eigenvalue weighted by Gasteiger charge is -2.25. The minimum Gasteiger partial charge on any atom is -0.334 e. The second kappa shape index (κ2) is 8.98. The normalized spacial score (nSPS) is 17.8. The van der Waals surface area contributed by atoms with Gasteiger partial charge < -0.3 is 10.2 Å². The summed E-state index contributed by atoms with van der Waals surface area (Å²) in [7, 11) is -0.167. The van der Waals surface area contributed by atoms with Crippen LogP contribution in [0.5, 0.6) is 0 Å². The molecule has 1 aliphatic heterocycles. The average Bonchev–Trinajstić information content (AvgIpc) is 3.02. The van der Waals surface area contributed by atoms with Gasteiger partial charge in [-0.15, -0.1) is 12.4 Å². The Bertz CT molecular complexity index is 694. The molecule has 0 aliphatic carbocycles. The van der Waals surface area contributed by atoms with Crippen molar-refractivity contribution >= 4 is 28.3 Å². The zero-order chi connectivity index (χ0) is 17.9. The van der Waals surface area contributed by atoms with Crippen LogP contribution in [0.1, 0.15) is 37.0 Å². The Kier molecular flexibility index (Phi) is 7.87. The van der Waals surface area contributed by atoms with Crippen LogP contribution in [-0.4, -0.2) is 62.8 Å². The van der Waals surface area contributed by atoms with Gasteiger partial charge in [-0.2, -0.15) is 4.31 Å². The summed E-state index contributed by atoms with van der Waals surface area (Å²) in [5.74, 6) is -0.1000. The zero-order valence-corrected chi connectivity index (χ0v) is 16.9. The van der Waals surface area contributed by atoms with Crippen molar-refractivity contribution in [2.45, 2.75) is 43.7 Å². The van der Waals surface area contributed by atoms with E-state index in [1.54, 1.807) is 25.2 Å². The summed E-state index contributed by atoms with van der Waals surface area (Å²) in [4.78, 5) is 14.8. The van der Waals surface area contributed by atoms with Crippen LogP contribution in [-0.2, 0) is 10.0 Å². The number of nitrogens with zero attached hydrogens (tertiary/aromatic N) is 2. The second-order valence-corrected chi connectivity index (χ2v) is 8.49. The third-order valence-electron chi connectivity index (χ3n) is 4.56. The number of nitrogens with one attached hydrogen (secondary N) is 1. The van der Waals surface area contributed by atoms with Crippen molar-refractivity contribution < 1.29 is 13.2 Å². The smallest absolute Gasteiger partial charge is 0.254 e. The zero-order valence-electron chi connectivity index (χ0n) is 15.2. The van der Waals surface area contributed by atoms with Crippen LogP contribution in [0.2, 0.25) is 0 Å². The highest BCUT2D eigenvalue weighted by Gasteiger charge is 2.30. The Labute approximate surface area is 157 Å². The molecule has 0 aromatic heterocycles. The van der Waals surface area contributed by atoms with E-state index in [2.05, 4.69) is 5.32 Å². The fourth-order valence-corrected chi connectivity index (χ4v) is 4.36. The number of carbonyl (C=O) groups is 1. The van der Waals surface area contributed by atoms with E-state index >= 15 is 0 Å². The summed E-state index contributed by atoms with van der Waals surface area (Å²) in [6.07, 6.45) is 1.95. The van der Waals surface area contributed by atoms with Crippen LogP contribution in [0.4, 0.5) is 0 Å². The molecule has 2 rings (SSSR count). The predicted molar refractivity (Wildman–Crippen MR) is 102 cm³/mol. The first-order chi connectivity index (χ1) is 11.3. The first-order valence-corrected chi connectivity index (χ1v) is 9.76. The number of hydrogen-bond acceptors (Lipinski definition) is 4. The standard InChI is InChI=1S/C17H27N3O3S.ClH/c1-13(2)19(4)24(22,23)16-9-5-7-14(11-16)17(21)20-10-6-8-15(20)12-18-3;/h5,7,9,11,13,15,18H,6,8,10,12H2,1-4H3;1H. The molecule has 0 bridgehead atoms. The van der Waals surface area contributed by atoms with Crippen molar-refractivity contribution in [1.82, 2.24) is 14.5 Å². The van der Waals surface area contributed by atoms with Gasteiger partial charge >= 0.3 is 0 Å². The van der Waals surface area contributed by atoms with Crippen LogP contribution >= 0.6 is 12.4 Å². The molecule has 1 unspecified atom stereocenters. The van der Waals surface area contributed by atoms with Crippen molar-refractivity contribution in [3.63, 3.8) is 0 Å². The first-order valence-electron chi connectivity index (χ1n) is 8.32. The molecule has 6 nitrogen and oxygen atoms in total. The quantitative estimate of drug-likeness (QED) is 0.807. The van der Waals surface area contributed by atoms with E-state index in [1.807, 2.05) is 25.8 Å². The molecule has 1 heterocycles. The molecule has 1 N–H and O–H groups in total. The summed E-state index contributed by atoms with van der Waals surface area (Å²) in [5.41, 5.74) is 0.427. The van der Waals surface area contributed by atoms with Crippen molar-refractivity contribution in [1.29, 1.82) is 0 Å². The molecule has 1 amide bonds. The highest BCUT2D eigenvalue weighted by Crippen LogP contribution is 2.22. The Balaban J connectivity index is 0.00000312. The molecular weight excluding hydrogens is 362 g/mol. The monoisotopic (exact) mass is 389 g/mol. The fraction of sp³-hybridized carbons (Fsp3) is 0.588. The Morgan fingerprint density at radius 2 is 2.08 bits per heavy atom. The number of rotatable bonds is 6. The van der Waals surface area contributed by atoms with Crippen LogP contribution in [0, 0.1) is 0 Å². The molecule has 0 saturated carbocycles. The van der Waals surface area contributed by atoms with Crippen molar-refractivity contribution in [2.75, 3.05) is 27.2 Å². The van der Waals surface area contributed by atoms with E-state index in [4.69, 9.17) is 0 Å². The highest BCUT2D eigenvalue weighted by atomic mass is 35.5. The van der Waals surface area contributed by atoms with Crippen LogP contribution in [0.3, 0.4) is 0 Å². The van der Waals surface area contributed by atoms with E-state index in [0.29, 0.717) is 12.1 Å². The van der Waals surface area contributed by atoms with Crippen molar-refractivity contribution in [2.24, 2.45) is 0 Å². The topological polar surface area (TPSA) is 69.7 Å². The third kappa shape index (κ3) is 4.73. The highest BCUT2D eigenvalue weighted by molar-refractivity contribution is 7.89. The fourth-order valence-electron chi connectivity index (χ4n) is 2.95. The summed E-state index contributed by atoms with van der Waals surface area (Å²) in [5, 5.41) is 3.11. The predicted octanol–water partition coefficient (Wildman–Crippen LogP) is 1.96. The molecule has 1 aromatic carbocycles. The lowest BCUT2D eigenvalue weighted by molar-refractivity contribution is 0.0737. The average molecular weight is 390 g/mol. The molecule has 1 saturated heterocycles. The number of sulfonamides is 1. The lowest BCUT2D eigenvalue weighted by atomic mass is 10.1. The van der Waals surface area contributed by atoms with Crippen LogP contribution in [0.15, 0.2) is 29.2 Å². The minimum absolute atomic E-state index is 0. The van der Waals surface area contributed by atoms with Gasteiger partial charge in [0.05, 0.1) is 4.90 Å². The maximum absolute atomic E-state index is 12.8. The summed E-state index contributed by atoms with van der Waals surface area (Å²) in [6.45, 7) is 5.10. The number of likely N-dealkylation sites (tertiary alicyclic amines) is 1. The molecule has 8 heteroatoms. The van der Waals surface area contributed by atoms with E-state index < -0.39 is 10.0 Å². The third-order valence-corrected chi connectivity index (χ3v) is 6.59. The van der Waals surface area contributed by atoms with Gasteiger partial charge in [-0.1, -0.05) is 6.07 Å². The van der Waals surface area contributed by atoms with Crippen molar-refractivity contribution in [3.05, 3.63) is 29.8 Å². The molecule has 142 valence electrons. The first kappa shape index (κ1) is 21.9. The van der Waals surface area contributed by atoms with Gasteiger partial charge in [0.25, 0.3) is 5.91 Å². The van der Waals surface area contributed by atoms with Gasteiger partial charge in [0.2, 0.25) is 10.0 Å². The molecule has 25 heavy (non-hydrogen) atoms. The van der Waals surface area contributed by atoms with Gasteiger partial charge in [0, 0.05) is 37.8 Å². The second-order valence-electron chi connectivity index (χ2n) is 6.50. The van der Waals surface area contributed by atoms with Crippen LogP contribution in [0.25, 0.3) is 0 Å². The summed E-state index contributed by atoms with van der Waals surface area (Å²) in [6, 6.07) is 6.38. The SMILES string of the molecule is CNCC1CCCN1C(=O)c1cccc(S(=O)(=O)N(C)C(C)C)c1.Cl. The van der Waals surface area contributed by atoms with Gasteiger partial charge in [-0.05, 0) is 51.9 Å². The molecule has 0 spiro atoms. The Morgan fingerprint density at radius 1 is 1.40 bits per heavy atom. The number of likely N-dealkylation sites (N-methyl/N-ethyl adjacent to an activating group) is 1. The molecule has 1 fully saturated rings. The maximum atomic E-state index is 12.8. The molecule has 0 radical (unpaired) electrons. The number of halogens is 1. The van der Waals surface area contributed by atoms with E-state index in [0.717, 1.165) is 19.4 Å². The van der Waals surface area contributed by atoms with E-state index in [1.165, 1.54) is 10.4 Å². The summed E-state index contributed by atoms with van der Waals surface area (Å²) >= 11 is 0. The number of carbonyl (C=O) groups excluding carboxylic acids is 1. The van der Waals surface area contributed by atoms with E-state index in [9.17, 15) is 13.2 Å². The summed E-state index contributed by atoms with van der Waals surface area (Å²) < 4.78 is 26.6. The largest absolute Gasteiger partial charge is 0.334 e. The molecule has 1 aliphatic rings. The van der Waals surface area contributed by atoms with Gasteiger partial charge in [0.1, 0.15) is 0 Å². The van der Waals surface area contributed by atoms with Gasteiger partial charge in [0.15, 0.2) is 0 Å². The van der Waals surface area contributed by atoms with Crippen LogP contribution < -0.4 is 5.32 Å². The number of hydrogen-bond donors (Lipinski definition) is 1.